The number of hydrogen-bond acceptors (Lipinski definition) is 3. The first-order valence-corrected chi connectivity index (χ1v) is 15.9. The van der Waals surface area contributed by atoms with Crippen molar-refractivity contribution in [3.05, 3.63) is 132 Å². The fourth-order valence-electron chi connectivity index (χ4n) is 6.25. The van der Waals surface area contributed by atoms with Crippen LogP contribution in [0.1, 0.15) is 63.1 Å². The van der Waals surface area contributed by atoms with Crippen LogP contribution in [0.5, 0.6) is 11.5 Å². The molecule has 7 rings (SSSR count). The van der Waals surface area contributed by atoms with E-state index in [1.54, 1.807) is 0 Å². The van der Waals surface area contributed by atoms with E-state index in [1.807, 2.05) is 23.0 Å². The van der Waals surface area contributed by atoms with Gasteiger partial charge < -0.3 is 9.30 Å². The minimum absolute atomic E-state index is 0. The first kappa shape index (κ1) is 32.4. The van der Waals surface area contributed by atoms with Crippen molar-refractivity contribution < 1.29 is 25.2 Å². The number of benzene rings is 4. The van der Waals surface area contributed by atoms with Crippen molar-refractivity contribution in [1.29, 1.82) is 0 Å². The summed E-state index contributed by atoms with van der Waals surface area (Å²) in [5, 5.41) is 7.20. The zero-order valence-corrected chi connectivity index (χ0v) is 29.4. The van der Waals surface area contributed by atoms with Crippen LogP contribution in [0.15, 0.2) is 97.2 Å². The van der Waals surface area contributed by atoms with Gasteiger partial charge in [0.05, 0.1) is 5.69 Å². The Balaban J connectivity index is 0.00000386. The van der Waals surface area contributed by atoms with Gasteiger partial charge in [0.15, 0.2) is 0 Å². The molecule has 0 fully saturated rings. The molecule has 4 aromatic carbocycles. The van der Waals surface area contributed by atoms with Crippen molar-refractivity contribution in [2.24, 2.45) is 0 Å². The molecule has 0 bridgehead atoms. The maximum atomic E-state index is 6.58. The van der Waals surface area contributed by atoms with Gasteiger partial charge in [0.2, 0.25) is 0 Å². The molecule has 0 N–H and O–H groups in total. The molecule has 0 saturated heterocycles. The average Bonchev–Trinajstić information content (AvgIpc) is 3.53. The monoisotopic (exact) mass is 708 g/mol. The molecule has 0 saturated carbocycles. The zero-order valence-electron chi connectivity index (χ0n) is 27.8. The second kappa shape index (κ2) is 12.6. The number of aryl methyl sites for hydroxylation is 1. The molecule has 5 nitrogen and oxygen atoms in total. The van der Waals surface area contributed by atoms with Crippen LogP contribution in [0.25, 0.3) is 44.4 Å². The van der Waals surface area contributed by atoms with Crippen LogP contribution in [-0.4, -0.2) is 19.3 Å². The molecule has 0 atom stereocenters. The summed E-state index contributed by atoms with van der Waals surface area (Å²) >= 11 is 0. The van der Waals surface area contributed by atoms with Crippen LogP contribution in [0.2, 0.25) is 0 Å². The third kappa shape index (κ3) is 6.05. The van der Waals surface area contributed by atoms with Crippen molar-refractivity contribution in [2.75, 3.05) is 0 Å². The number of hydrogen-bond donors (Lipinski definition) is 0. The minimum atomic E-state index is -0.00324. The Labute approximate surface area is 290 Å². The van der Waals surface area contributed by atoms with E-state index in [2.05, 4.69) is 144 Å². The molecular formula is C41H38N4OPd. The Hall–Kier alpha value is -4.50. The minimum Gasteiger partial charge on any atom is -0.509 e. The van der Waals surface area contributed by atoms with Gasteiger partial charge in [0.1, 0.15) is 5.82 Å². The van der Waals surface area contributed by atoms with E-state index >= 15 is 0 Å². The fraction of sp³-hybridized carbons (Fsp3) is 0.220. The van der Waals surface area contributed by atoms with E-state index in [0.29, 0.717) is 11.5 Å². The molecule has 47 heavy (non-hydrogen) atoms. The van der Waals surface area contributed by atoms with E-state index in [9.17, 15) is 0 Å². The van der Waals surface area contributed by atoms with Crippen LogP contribution in [0, 0.1) is 26.0 Å². The quantitative estimate of drug-likeness (QED) is 0.128. The topological polar surface area (TPSA) is 44.9 Å². The largest absolute Gasteiger partial charge is 2.00 e. The smallest absolute Gasteiger partial charge is 0.509 e. The Bertz CT molecular complexity index is 2220. The summed E-state index contributed by atoms with van der Waals surface area (Å²) in [6.07, 6.45) is 1.90. The van der Waals surface area contributed by atoms with Crippen molar-refractivity contribution in [2.45, 2.75) is 59.8 Å². The van der Waals surface area contributed by atoms with Crippen LogP contribution in [0.3, 0.4) is 0 Å². The molecular weight excluding hydrogens is 671 g/mol. The maximum absolute atomic E-state index is 6.58. The van der Waals surface area contributed by atoms with E-state index in [4.69, 9.17) is 14.8 Å². The van der Waals surface area contributed by atoms with E-state index in [1.165, 1.54) is 5.56 Å². The number of fused-ring (bicyclic) bond motifs is 3. The van der Waals surface area contributed by atoms with E-state index in [0.717, 1.165) is 61.4 Å². The third-order valence-corrected chi connectivity index (χ3v) is 8.72. The number of aromatic nitrogens is 4. The molecule has 3 aromatic heterocycles. The standard InChI is InChI=1S/C41H38N4O.Pd/c1-26(2)30-21-32(45-28(4)40(27(3)43-45)29-13-9-8-10-14-29)24-34(22-30)46-33-17-18-36-35-15-11-12-16-37(35)44(38(36)25-33)39-23-31(19-20-42-39)41(5,6)7;/h8-23,26H,1-7H3;/q-2;+2. The van der Waals surface area contributed by atoms with Crippen LogP contribution in [0.4, 0.5) is 0 Å². The van der Waals surface area contributed by atoms with Crippen LogP contribution in [-0.2, 0) is 25.8 Å². The second-order valence-electron chi connectivity index (χ2n) is 13.3. The molecule has 0 unspecified atom stereocenters. The van der Waals surface area contributed by atoms with Gasteiger partial charge in [-0.2, -0.15) is 11.2 Å². The Morgan fingerprint density at radius 1 is 0.787 bits per heavy atom. The summed E-state index contributed by atoms with van der Waals surface area (Å²) < 4.78 is 10.7. The number of para-hydroxylation sites is 1. The van der Waals surface area contributed by atoms with Gasteiger partial charge in [-0.3, -0.25) is 4.68 Å². The Morgan fingerprint density at radius 3 is 2.28 bits per heavy atom. The van der Waals surface area contributed by atoms with Gasteiger partial charge in [-0.05, 0) is 65.6 Å². The molecule has 0 amide bonds. The summed E-state index contributed by atoms with van der Waals surface area (Å²) in [5.74, 6) is 2.39. The first-order valence-electron chi connectivity index (χ1n) is 15.9. The summed E-state index contributed by atoms with van der Waals surface area (Å²) in [7, 11) is 0. The zero-order chi connectivity index (χ0) is 32.2. The predicted octanol–water partition coefficient (Wildman–Crippen LogP) is 10.5. The van der Waals surface area contributed by atoms with Crippen molar-refractivity contribution in [3.63, 3.8) is 0 Å². The summed E-state index contributed by atoms with van der Waals surface area (Å²) in [5.41, 5.74) is 9.56. The number of pyridine rings is 1. The molecule has 238 valence electrons. The van der Waals surface area contributed by atoms with Gasteiger partial charge >= 0.3 is 20.4 Å². The molecule has 0 aliphatic rings. The summed E-state index contributed by atoms with van der Waals surface area (Å²) in [6.45, 7) is 15.2. The number of rotatable bonds is 6. The van der Waals surface area contributed by atoms with E-state index in [-0.39, 0.29) is 31.8 Å². The van der Waals surface area contributed by atoms with Gasteiger partial charge in [0.25, 0.3) is 0 Å². The van der Waals surface area contributed by atoms with Crippen molar-refractivity contribution >= 4 is 21.8 Å². The SMILES string of the molecule is Cc1nn(-c2[c-]c(Oc3[c-]c4c(cc3)c3ccccc3n4-c3cc(C(C)(C)C)ccn3)cc(C(C)C)c2)c(C)c1-c1ccccc1.[Pd+2]. The van der Waals surface area contributed by atoms with Gasteiger partial charge in [-0.25, -0.2) is 4.98 Å². The van der Waals surface area contributed by atoms with Crippen LogP contribution < -0.4 is 4.74 Å². The molecule has 0 radical (unpaired) electrons. The Morgan fingerprint density at radius 2 is 1.53 bits per heavy atom. The maximum Gasteiger partial charge on any atom is 2.00 e. The molecule has 3 heterocycles. The summed E-state index contributed by atoms with van der Waals surface area (Å²) in [6, 6.07) is 38.6. The van der Waals surface area contributed by atoms with Gasteiger partial charge in [0, 0.05) is 34.5 Å². The van der Waals surface area contributed by atoms with Crippen molar-refractivity contribution in [3.8, 4) is 34.1 Å². The van der Waals surface area contributed by atoms with E-state index < -0.39 is 0 Å². The number of nitrogens with zero attached hydrogens (tertiary/aromatic N) is 4. The molecule has 0 aliphatic heterocycles. The van der Waals surface area contributed by atoms with Gasteiger partial charge in [-0.15, -0.1) is 41.3 Å². The molecule has 0 spiro atoms. The van der Waals surface area contributed by atoms with Gasteiger partial charge in [-0.1, -0.05) is 88.7 Å². The third-order valence-electron chi connectivity index (χ3n) is 8.72. The first-order chi connectivity index (χ1) is 22.1. The van der Waals surface area contributed by atoms with Crippen molar-refractivity contribution in [1.82, 2.24) is 19.3 Å². The molecule has 6 heteroatoms. The normalized spacial score (nSPS) is 11.7. The fourth-order valence-corrected chi connectivity index (χ4v) is 6.25. The Kier molecular flexibility index (Phi) is 8.70. The second-order valence-corrected chi connectivity index (χ2v) is 13.3. The predicted molar refractivity (Wildman–Crippen MR) is 188 cm³/mol. The average molecular weight is 709 g/mol. The number of ether oxygens (including phenoxy) is 1. The molecule has 7 aromatic rings. The summed E-state index contributed by atoms with van der Waals surface area (Å²) in [4.78, 5) is 4.81. The molecule has 0 aliphatic carbocycles. The van der Waals surface area contributed by atoms with Crippen LogP contribution >= 0.6 is 0 Å².